The maximum atomic E-state index is 13.8. The second kappa shape index (κ2) is 7.12. The predicted octanol–water partition coefficient (Wildman–Crippen LogP) is 4.46. The molecule has 2 heterocycles. The smallest absolute Gasteiger partial charge is 0.164 e. The predicted molar refractivity (Wildman–Crippen MR) is 89.6 cm³/mol. The van der Waals surface area contributed by atoms with Crippen LogP contribution in [0.25, 0.3) is 0 Å². The van der Waals surface area contributed by atoms with Gasteiger partial charge in [-0.3, -0.25) is 9.58 Å². The first kappa shape index (κ1) is 17.5. The van der Waals surface area contributed by atoms with E-state index in [4.69, 9.17) is 0 Å². The van der Waals surface area contributed by atoms with Gasteiger partial charge in [-0.2, -0.15) is 5.10 Å². The molecule has 0 bridgehead atoms. The summed E-state index contributed by atoms with van der Waals surface area (Å²) in [5.41, 5.74) is 0.586. The van der Waals surface area contributed by atoms with Crippen LogP contribution in [0.5, 0.6) is 0 Å². The van der Waals surface area contributed by atoms with Crippen molar-refractivity contribution in [2.24, 2.45) is 11.8 Å². The summed E-state index contributed by atoms with van der Waals surface area (Å²) in [7, 11) is 0. The van der Waals surface area contributed by atoms with Crippen molar-refractivity contribution in [3.8, 4) is 0 Å². The number of likely N-dealkylation sites (tertiary alicyclic amines) is 1. The molecule has 22 heavy (non-hydrogen) atoms. The number of hydrogen-bond acceptors (Lipinski definition) is 2. The fourth-order valence-electron chi connectivity index (χ4n) is 3.13. The third kappa shape index (κ3) is 3.89. The molecule has 0 aliphatic carbocycles. The van der Waals surface area contributed by atoms with Crippen LogP contribution in [0.15, 0.2) is 6.20 Å². The summed E-state index contributed by atoms with van der Waals surface area (Å²) >= 11 is 0. The molecular weight excluding hydrogens is 277 g/mol. The van der Waals surface area contributed by atoms with Gasteiger partial charge >= 0.3 is 0 Å². The summed E-state index contributed by atoms with van der Waals surface area (Å²) in [6.07, 6.45) is 3.75. The van der Waals surface area contributed by atoms with Gasteiger partial charge < -0.3 is 0 Å². The van der Waals surface area contributed by atoms with Gasteiger partial charge in [0.2, 0.25) is 0 Å². The molecular formula is C18H32FN3. The highest BCUT2D eigenvalue weighted by molar-refractivity contribution is 5.07. The molecule has 1 aliphatic heterocycles. The molecule has 2 atom stereocenters. The van der Waals surface area contributed by atoms with Crippen molar-refractivity contribution < 1.29 is 4.39 Å². The maximum absolute atomic E-state index is 13.8. The van der Waals surface area contributed by atoms with Crippen molar-refractivity contribution >= 4 is 0 Å². The Morgan fingerprint density at radius 2 is 1.68 bits per heavy atom. The first-order chi connectivity index (χ1) is 10.3. The number of nitrogens with zero attached hydrogens (tertiary/aromatic N) is 3. The van der Waals surface area contributed by atoms with E-state index in [1.165, 1.54) is 13.1 Å². The van der Waals surface area contributed by atoms with Crippen LogP contribution in [0.1, 0.15) is 72.0 Å². The molecule has 4 heteroatoms. The molecule has 2 rings (SSSR count). The lowest BCUT2D eigenvalue weighted by molar-refractivity contribution is 0.0292. The van der Waals surface area contributed by atoms with Crippen molar-refractivity contribution in [2.45, 2.75) is 72.4 Å². The summed E-state index contributed by atoms with van der Waals surface area (Å²) in [5.74, 6) is 1.64. The van der Waals surface area contributed by atoms with Crippen LogP contribution in [0, 0.1) is 17.7 Å². The van der Waals surface area contributed by atoms with E-state index >= 15 is 0 Å². The van der Waals surface area contributed by atoms with Crippen LogP contribution in [-0.4, -0.2) is 33.8 Å². The Kier molecular flexibility index (Phi) is 5.65. The largest absolute Gasteiger partial charge is 0.300 e. The third-order valence-corrected chi connectivity index (χ3v) is 5.22. The molecule has 126 valence electrons. The summed E-state index contributed by atoms with van der Waals surface area (Å²) in [6, 6.07) is 0.869. The van der Waals surface area contributed by atoms with E-state index in [0.717, 1.165) is 24.7 Å². The quantitative estimate of drug-likeness (QED) is 0.741. The average Bonchev–Trinajstić information content (AvgIpc) is 2.76. The van der Waals surface area contributed by atoms with Gasteiger partial charge in [0.1, 0.15) is 5.69 Å². The van der Waals surface area contributed by atoms with Crippen LogP contribution in [-0.2, 0) is 0 Å². The lowest BCUT2D eigenvalue weighted by atomic mass is 9.86. The number of rotatable bonds is 7. The minimum Gasteiger partial charge on any atom is -0.300 e. The minimum absolute atomic E-state index is 0.140. The lowest BCUT2D eigenvalue weighted by Crippen LogP contribution is -2.52. The van der Waals surface area contributed by atoms with Gasteiger partial charge in [-0.1, -0.05) is 27.7 Å². The normalized spacial score (nSPS) is 19.7. The molecule has 0 spiro atoms. The van der Waals surface area contributed by atoms with E-state index in [1.54, 1.807) is 6.20 Å². The molecule has 0 amide bonds. The van der Waals surface area contributed by atoms with E-state index in [2.05, 4.69) is 37.7 Å². The van der Waals surface area contributed by atoms with E-state index in [9.17, 15) is 4.39 Å². The third-order valence-electron chi connectivity index (χ3n) is 5.22. The molecule has 3 nitrogen and oxygen atoms in total. The minimum atomic E-state index is -0.169. The average molecular weight is 309 g/mol. The van der Waals surface area contributed by atoms with Crippen molar-refractivity contribution in [1.29, 1.82) is 0 Å². The van der Waals surface area contributed by atoms with Crippen molar-refractivity contribution in [3.63, 3.8) is 0 Å². The number of halogens is 1. The van der Waals surface area contributed by atoms with Crippen molar-refractivity contribution in [2.75, 3.05) is 13.1 Å². The number of aromatic nitrogens is 2. The zero-order chi connectivity index (χ0) is 16.4. The summed E-state index contributed by atoms with van der Waals surface area (Å²) in [6.45, 7) is 15.5. The van der Waals surface area contributed by atoms with Crippen LogP contribution >= 0.6 is 0 Å². The second-order valence-electron chi connectivity index (χ2n) is 7.73. The molecule has 1 aromatic rings. The zero-order valence-electron chi connectivity index (χ0n) is 15.0. The standard InChI is InChI=1S/C18H32FN3/c1-12(2)16-9-21(10-16)14(5)7-8-15(6)22-11-17(19)18(20-22)13(3)4/h11-16H,7-10H2,1-6H3. The molecule has 0 N–H and O–H groups in total. The van der Waals surface area contributed by atoms with Gasteiger partial charge in [0.15, 0.2) is 5.82 Å². The maximum Gasteiger partial charge on any atom is 0.164 e. The molecule has 0 radical (unpaired) electrons. The van der Waals surface area contributed by atoms with Crippen LogP contribution in [0.3, 0.4) is 0 Å². The first-order valence-corrected chi connectivity index (χ1v) is 8.78. The van der Waals surface area contributed by atoms with E-state index in [-0.39, 0.29) is 17.8 Å². The molecule has 1 aromatic heterocycles. The Morgan fingerprint density at radius 1 is 1.09 bits per heavy atom. The van der Waals surface area contributed by atoms with Crippen molar-refractivity contribution in [3.05, 3.63) is 17.7 Å². The van der Waals surface area contributed by atoms with Gasteiger partial charge in [-0.15, -0.1) is 0 Å². The molecule has 1 aliphatic rings. The molecule has 2 unspecified atom stereocenters. The highest BCUT2D eigenvalue weighted by Gasteiger charge is 2.31. The lowest BCUT2D eigenvalue weighted by Gasteiger charge is -2.45. The molecule has 1 saturated heterocycles. The second-order valence-corrected chi connectivity index (χ2v) is 7.73. The SMILES string of the molecule is CC(C)c1nn(C(C)CCC(C)N2CC(C(C)C)C2)cc1F. The zero-order valence-corrected chi connectivity index (χ0v) is 15.0. The Labute approximate surface area is 134 Å². The molecule has 1 fully saturated rings. The van der Waals surface area contributed by atoms with Crippen LogP contribution < -0.4 is 0 Å². The first-order valence-electron chi connectivity index (χ1n) is 8.78. The Balaban J connectivity index is 1.80. The van der Waals surface area contributed by atoms with Crippen LogP contribution in [0.4, 0.5) is 4.39 Å². The topological polar surface area (TPSA) is 21.1 Å². The monoisotopic (exact) mass is 309 g/mol. The van der Waals surface area contributed by atoms with Crippen molar-refractivity contribution in [1.82, 2.24) is 14.7 Å². The molecule has 0 aromatic carbocycles. The fraction of sp³-hybridized carbons (Fsp3) is 0.833. The Hall–Kier alpha value is -0.900. The van der Waals surface area contributed by atoms with Gasteiger partial charge in [0, 0.05) is 31.1 Å². The number of hydrogen-bond donors (Lipinski definition) is 0. The van der Waals surface area contributed by atoms with Gasteiger partial charge in [-0.25, -0.2) is 4.39 Å². The van der Waals surface area contributed by atoms with Gasteiger partial charge in [0.25, 0.3) is 0 Å². The summed E-state index contributed by atoms with van der Waals surface area (Å²) in [5, 5.41) is 4.43. The Bertz CT molecular complexity index is 475. The van der Waals surface area contributed by atoms with Gasteiger partial charge in [0.05, 0.1) is 6.20 Å². The fourth-order valence-corrected chi connectivity index (χ4v) is 3.13. The van der Waals surface area contributed by atoms with E-state index in [0.29, 0.717) is 11.7 Å². The van der Waals surface area contributed by atoms with Crippen LogP contribution in [0.2, 0.25) is 0 Å². The van der Waals surface area contributed by atoms with E-state index in [1.807, 2.05) is 18.5 Å². The highest BCUT2D eigenvalue weighted by atomic mass is 19.1. The van der Waals surface area contributed by atoms with Gasteiger partial charge in [-0.05, 0) is 38.5 Å². The molecule has 0 saturated carbocycles. The highest BCUT2D eigenvalue weighted by Crippen LogP contribution is 2.28. The van der Waals surface area contributed by atoms with E-state index < -0.39 is 0 Å². The summed E-state index contributed by atoms with van der Waals surface area (Å²) in [4.78, 5) is 2.57. The Morgan fingerprint density at radius 3 is 2.18 bits per heavy atom. The summed E-state index contributed by atoms with van der Waals surface area (Å²) < 4.78 is 15.6.